The zero-order valence-corrected chi connectivity index (χ0v) is 13.3. The van der Waals surface area contributed by atoms with Gasteiger partial charge in [-0.3, -0.25) is 9.20 Å². The number of carbonyl (C=O) groups excluding carboxylic acids is 1. The van der Waals surface area contributed by atoms with E-state index in [-0.39, 0.29) is 30.6 Å². The summed E-state index contributed by atoms with van der Waals surface area (Å²) >= 11 is 0. The first-order valence-electron chi connectivity index (χ1n) is 8.08. The molecule has 1 amide bonds. The van der Waals surface area contributed by atoms with Crippen LogP contribution in [0.25, 0.3) is 5.65 Å². The Bertz CT molecular complexity index is 749. The average molecular weight is 318 g/mol. The molecule has 7 nitrogen and oxygen atoms in total. The molecule has 1 aliphatic rings. The molecular formula is C16H22N4O3. The van der Waals surface area contributed by atoms with Gasteiger partial charge >= 0.3 is 5.69 Å². The van der Waals surface area contributed by atoms with Gasteiger partial charge in [0.1, 0.15) is 0 Å². The third-order valence-corrected chi connectivity index (χ3v) is 4.34. The van der Waals surface area contributed by atoms with Crippen LogP contribution in [0.5, 0.6) is 0 Å². The minimum atomic E-state index is -0.408. The molecule has 1 aliphatic heterocycles. The van der Waals surface area contributed by atoms with Crippen LogP contribution in [-0.2, 0) is 11.3 Å². The highest BCUT2D eigenvalue weighted by Gasteiger charge is 2.29. The van der Waals surface area contributed by atoms with Gasteiger partial charge in [-0.15, -0.1) is 5.10 Å². The molecule has 2 aromatic heterocycles. The standard InChI is InChI=1S/C16H22N4O3/c1-12(21)11-13-5-4-9-18(13)15(22)7-10-20-16(23)19-8-3-2-6-14(19)17-20/h2-3,6,8,12-13,21H,4-5,7,9-11H2,1H3. The van der Waals surface area contributed by atoms with Crippen molar-refractivity contribution in [3.63, 3.8) is 0 Å². The van der Waals surface area contributed by atoms with Gasteiger partial charge in [-0.2, -0.15) is 0 Å². The quantitative estimate of drug-likeness (QED) is 0.878. The number of hydrogen-bond donors (Lipinski definition) is 1. The van der Waals surface area contributed by atoms with Crippen LogP contribution in [-0.4, -0.2) is 48.8 Å². The number of carbonyl (C=O) groups is 1. The van der Waals surface area contributed by atoms with E-state index in [0.29, 0.717) is 12.1 Å². The molecule has 124 valence electrons. The van der Waals surface area contributed by atoms with Crippen molar-refractivity contribution in [2.24, 2.45) is 0 Å². The van der Waals surface area contributed by atoms with Crippen molar-refractivity contribution >= 4 is 11.6 Å². The molecule has 0 spiro atoms. The molecule has 2 atom stereocenters. The Morgan fingerprint density at radius 3 is 3.04 bits per heavy atom. The molecule has 3 heterocycles. The van der Waals surface area contributed by atoms with E-state index in [2.05, 4.69) is 5.10 Å². The van der Waals surface area contributed by atoms with Crippen LogP contribution in [0.3, 0.4) is 0 Å². The van der Waals surface area contributed by atoms with Crippen LogP contribution in [0.15, 0.2) is 29.2 Å². The fraction of sp³-hybridized carbons (Fsp3) is 0.562. The van der Waals surface area contributed by atoms with Crippen molar-refractivity contribution in [3.05, 3.63) is 34.9 Å². The number of aryl methyl sites for hydroxylation is 1. The Balaban J connectivity index is 1.66. The zero-order chi connectivity index (χ0) is 16.4. The monoisotopic (exact) mass is 318 g/mol. The van der Waals surface area contributed by atoms with Crippen molar-refractivity contribution in [2.75, 3.05) is 6.54 Å². The van der Waals surface area contributed by atoms with E-state index in [1.165, 1.54) is 9.08 Å². The lowest BCUT2D eigenvalue weighted by molar-refractivity contribution is -0.132. The van der Waals surface area contributed by atoms with Crippen LogP contribution in [0.1, 0.15) is 32.6 Å². The van der Waals surface area contributed by atoms with Crippen molar-refractivity contribution in [1.82, 2.24) is 19.1 Å². The van der Waals surface area contributed by atoms with Crippen LogP contribution in [0.4, 0.5) is 0 Å². The van der Waals surface area contributed by atoms with E-state index in [0.717, 1.165) is 19.4 Å². The van der Waals surface area contributed by atoms with Gasteiger partial charge in [-0.1, -0.05) is 6.07 Å². The molecule has 1 N–H and O–H groups in total. The number of hydrogen-bond acceptors (Lipinski definition) is 4. The summed E-state index contributed by atoms with van der Waals surface area (Å²) < 4.78 is 2.81. The van der Waals surface area contributed by atoms with E-state index >= 15 is 0 Å². The first-order valence-corrected chi connectivity index (χ1v) is 8.08. The van der Waals surface area contributed by atoms with E-state index in [1.807, 2.05) is 11.0 Å². The maximum absolute atomic E-state index is 12.4. The Kier molecular flexibility index (Phi) is 4.47. The maximum atomic E-state index is 12.4. The van der Waals surface area contributed by atoms with Crippen LogP contribution in [0.2, 0.25) is 0 Å². The molecule has 23 heavy (non-hydrogen) atoms. The van der Waals surface area contributed by atoms with Gasteiger partial charge in [0.05, 0.1) is 12.6 Å². The van der Waals surface area contributed by atoms with Gasteiger partial charge in [-0.05, 0) is 38.3 Å². The highest BCUT2D eigenvalue weighted by molar-refractivity contribution is 5.76. The summed E-state index contributed by atoms with van der Waals surface area (Å²) in [4.78, 5) is 26.4. The Hall–Kier alpha value is -2.15. The molecule has 0 radical (unpaired) electrons. The number of pyridine rings is 1. The average Bonchev–Trinajstić information content (AvgIpc) is 3.10. The molecule has 0 saturated carbocycles. The summed E-state index contributed by atoms with van der Waals surface area (Å²) in [5.41, 5.74) is 0.355. The predicted octanol–water partition coefficient (Wildman–Crippen LogP) is 0.648. The molecule has 0 bridgehead atoms. The summed E-state index contributed by atoms with van der Waals surface area (Å²) in [5, 5.41) is 13.8. The fourth-order valence-electron chi connectivity index (χ4n) is 3.26. The molecule has 2 unspecified atom stereocenters. The highest BCUT2D eigenvalue weighted by Crippen LogP contribution is 2.22. The lowest BCUT2D eigenvalue weighted by atomic mass is 10.1. The molecule has 0 aromatic carbocycles. The predicted molar refractivity (Wildman–Crippen MR) is 85.1 cm³/mol. The SMILES string of the molecule is CC(O)CC1CCCN1C(=O)CCn1nc2ccccn2c1=O. The third-order valence-electron chi connectivity index (χ3n) is 4.34. The second-order valence-corrected chi connectivity index (χ2v) is 6.15. The normalized spacial score (nSPS) is 19.4. The van der Waals surface area contributed by atoms with E-state index in [1.54, 1.807) is 25.3 Å². The molecule has 2 aromatic rings. The zero-order valence-electron chi connectivity index (χ0n) is 13.3. The van der Waals surface area contributed by atoms with Crippen molar-refractivity contribution in [3.8, 4) is 0 Å². The van der Waals surface area contributed by atoms with Gasteiger partial charge in [0.2, 0.25) is 5.91 Å². The van der Waals surface area contributed by atoms with Crippen LogP contribution < -0.4 is 5.69 Å². The molecule has 0 aliphatic carbocycles. The number of amides is 1. The van der Waals surface area contributed by atoms with Crippen molar-refractivity contribution in [2.45, 2.75) is 51.3 Å². The van der Waals surface area contributed by atoms with Crippen LogP contribution in [0, 0.1) is 0 Å². The molecular weight excluding hydrogens is 296 g/mol. The number of aromatic nitrogens is 3. The second-order valence-electron chi connectivity index (χ2n) is 6.15. The summed E-state index contributed by atoms with van der Waals surface area (Å²) in [6.07, 6.45) is 4.03. The lowest BCUT2D eigenvalue weighted by Gasteiger charge is -2.25. The number of likely N-dealkylation sites (tertiary alicyclic amines) is 1. The maximum Gasteiger partial charge on any atom is 0.350 e. The minimum Gasteiger partial charge on any atom is -0.393 e. The van der Waals surface area contributed by atoms with E-state index in [4.69, 9.17) is 0 Å². The largest absolute Gasteiger partial charge is 0.393 e. The molecule has 1 fully saturated rings. The lowest BCUT2D eigenvalue weighted by Crippen LogP contribution is -2.38. The van der Waals surface area contributed by atoms with Crippen molar-refractivity contribution in [1.29, 1.82) is 0 Å². The highest BCUT2D eigenvalue weighted by atomic mass is 16.3. The molecule has 7 heteroatoms. The van der Waals surface area contributed by atoms with Gasteiger partial charge in [-0.25, -0.2) is 9.48 Å². The Morgan fingerprint density at radius 1 is 1.48 bits per heavy atom. The number of aliphatic hydroxyl groups excluding tert-OH is 1. The number of aliphatic hydroxyl groups is 1. The summed E-state index contributed by atoms with van der Waals surface area (Å²) in [5.74, 6) is 0.0251. The molecule has 1 saturated heterocycles. The summed E-state index contributed by atoms with van der Waals surface area (Å²) in [7, 11) is 0. The Morgan fingerprint density at radius 2 is 2.30 bits per heavy atom. The van der Waals surface area contributed by atoms with Gasteiger partial charge in [0, 0.05) is 25.2 Å². The number of nitrogens with zero attached hydrogens (tertiary/aromatic N) is 4. The van der Waals surface area contributed by atoms with Gasteiger partial charge in [0.15, 0.2) is 5.65 Å². The number of rotatable bonds is 5. The fourth-order valence-corrected chi connectivity index (χ4v) is 3.26. The number of fused-ring (bicyclic) bond motifs is 1. The second kappa shape index (κ2) is 6.54. The molecule has 3 rings (SSSR count). The van der Waals surface area contributed by atoms with E-state index in [9.17, 15) is 14.7 Å². The summed E-state index contributed by atoms with van der Waals surface area (Å²) in [6, 6.07) is 5.47. The Labute approximate surface area is 134 Å². The van der Waals surface area contributed by atoms with Gasteiger partial charge in [0.25, 0.3) is 0 Å². The first kappa shape index (κ1) is 15.7. The summed E-state index contributed by atoms with van der Waals surface area (Å²) in [6.45, 7) is 2.75. The third kappa shape index (κ3) is 3.29. The van der Waals surface area contributed by atoms with Crippen LogP contribution >= 0.6 is 0 Å². The topological polar surface area (TPSA) is 79.8 Å². The minimum absolute atomic E-state index is 0.0251. The van der Waals surface area contributed by atoms with Gasteiger partial charge < -0.3 is 10.0 Å². The van der Waals surface area contributed by atoms with Crippen molar-refractivity contribution < 1.29 is 9.90 Å². The van der Waals surface area contributed by atoms with E-state index < -0.39 is 6.10 Å². The first-order chi connectivity index (χ1) is 11.1. The smallest absolute Gasteiger partial charge is 0.350 e.